The molecule has 0 bridgehead atoms. The number of aliphatic imine (C=N–C) groups is 1. The summed E-state index contributed by atoms with van der Waals surface area (Å²) in [5, 5.41) is 16.4. The second-order valence-electron chi connectivity index (χ2n) is 9.08. The largest absolute Gasteiger partial charge is 0.508 e. The standard InChI is InChI=1S/C25H27F3N6OS/c1-14(2)19-13-34-21(29)20(23(36)33(3)24(34)32-19)22(31-17-8-10-18(35)11-9-17)30-12-15-4-6-16(7-5-15)25(26,27)28/h4-11,14,19H,12-13H2,1-3H3,(H4,29,30,31,35,36)/p+1/t19-/m0/s1. The number of phenols is 1. The van der Waals surface area contributed by atoms with Gasteiger partial charge in [0.05, 0.1) is 19.2 Å². The molecule has 0 radical (unpaired) electrons. The Balaban J connectivity index is 1.77. The van der Waals surface area contributed by atoms with Gasteiger partial charge in [0.15, 0.2) is 10.5 Å². The molecule has 1 aromatic heterocycles. The maximum absolute atomic E-state index is 12.9. The number of nitrogens with zero attached hydrogens (tertiary/aromatic N) is 3. The normalized spacial score (nSPS) is 15.6. The number of nitrogens with one attached hydrogen (secondary N) is 2. The SMILES string of the molecule is CC(C)[C@@H]1Cn2c(N)c(C(=NCc3ccc(C(F)(F)F)cc3)Nc3ccc(O)cc3)c(=S)[n+](C)c2N1. The van der Waals surface area contributed by atoms with Crippen LogP contribution < -0.4 is 20.9 Å². The lowest BCUT2D eigenvalue weighted by molar-refractivity contribution is -0.666. The summed E-state index contributed by atoms with van der Waals surface area (Å²) >= 11 is 5.77. The van der Waals surface area contributed by atoms with Crippen molar-refractivity contribution in [1.29, 1.82) is 0 Å². The van der Waals surface area contributed by atoms with Gasteiger partial charge in [-0.3, -0.25) is 10.3 Å². The van der Waals surface area contributed by atoms with Crippen molar-refractivity contribution in [2.24, 2.45) is 18.0 Å². The number of aromatic hydroxyl groups is 1. The quantitative estimate of drug-likeness (QED) is 0.128. The summed E-state index contributed by atoms with van der Waals surface area (Å²) in [5.74, 6) is 2.08. The number of hydrogen-bond donors (Lipinski definition) is 4. The molecule has 2 heterocycles. The van der Waals surface area contributed by atoms with Crippen LogP contribution in [0.4, 0.5) is 30.6 Å². The Bertz CT molecular complexity index is 1350. The number of anilines is 3. The number of alkyl halides is 3. The Morgan fingerprint density at radius 1 is 1.22 bits per heavy atom. The summed E-state index contributed by atoms with van der Waals surface area (Å²) < 4.78 is 43.1. The lowest BCUT2D eigenvalue weighted by atomic mass is 10.1. The Morgan fingerprint density at radius 3 is 2.44 bits per heavy atom. The van der Waals surface area contributed by atoms with E-state index in [1.54, 1.807) is 12.1 Å². The molecule has 0 unspecified atom stereocenters. The first-order valence-electron chi connectivity index (χ1n) is 11.4. The highest BCUT2D eigenvalue weighted by Gasteiger charge is 2.35. The highest BCUT2D eigenvalue weighted by molar-refractivity contribution is 7.71. The van der Waals surface area contributed by atoms with Crippen molar-refractivity contribution in [1.82, 2.24) is 4.57 Å². The molecule has 0 fully saturated rings. The maximum atomic E-state index is 12.9. The first-order chi connectivity index (χ1) is 17.0. The molecule has 3 aromatic rings. The van der Waals surface area contributed by atoms with Crippen LogP contribution in [0.2, 0.25) is 0 Å². The predicted octanol–water partition coefficient (Wildman–Crippen LogP) is 4.86. The molecule has 0 saturated carbocycles. The van der Waals surface area contributed by atoms with Gasteiger partial charge in [-0.1, -0.05) is 26.0 Å². The molecular formula is C25H28F3N6OS+. The van der Waals surface area contributed by atoms with Crippen molar-refractivity contribution in [3.63, 3.8) is 0 Å². The first kappa shape index (κ1) is 25.5. The van der Waals surface area contributed by atoms with Crippen LogP contribution in [0.25, 0.3) is 0 Å². The van der Waals surface area contributed by atoms with E-state index in [4.69, 9.17) is 18.0 Å². The molecule has 0 spiro atoms. The maximum Gasteiger partial charge on any atom is 0.416 e. The number of benzene rings is 2. The Labute approximate surface area is 212 Å². The number of phenolic OH excluding ortho intramolecular Hbond substituents is 1. The smallest absolute Gasteiger partial charge is 0.416 e. The molecule has 1 atom stereocenters. The minimum atomic E-state index is -4.41. The summed E-state index contributed by atoms with van der Waals surface area (Å²) in [6.07, 6.45) is -4.41. The third kappa shape index (κ3) is 5.15. The van der Waals surface area contributed by atoms with Gasteiger partial charge in [-0.15, -0.1) is 0 Å². The van der Waals surface area contributed by atoms with Gasteiger partial charge in [0.25, 0.3) is 0 Å². The van der Waals surface area contributed by atoms with Crippen LogP contribution in [0.3, 0.4) is 0 Å². The van der Waals surface area contributed by atoms with Crippen LogP contribution in [0.15, 0.2) is 53.5 Å². The van der Waals surface area contributed by atoms with E-state index in [1.807, 2.05) is 16.2 Å². The zero-order valence-electron chi connectivity index (χ0n) is 20.1. The monoisotopic (exact) mass is 517 g/mol. The predicted molar refractivity (Wildman–Crippen MR) is 137 cm³/mol. The van der Waals surface area contributed by atoms with Gasteiger partial charge in [0.2, 0.25) is 0 Å². The van der Waals surface area contributed by atoms with Crippen LogP contribution in [-0.2, 0) is 26.3 Å². The average molecular weight is 518 g/mol. The fourth-order valence-electron chi connectivity index (χ4n) is 4.00. The Hall–Kier alpha value is -3.60. The number of aromatic nitrogens is 2. The van der Waals surface area contributed by atoms with Gasteiger partial charge in [0.1, 0.15) is 29.7 Å². The Kier molecular flexibility index (Phi) is 6.94. The van der Waals surface area contributed by atoms with Gasteiger partial charge >= 0.3 is 12.1 Å². The number of hydrogen-bond acceptors (Lipinski definition) is 5. The molecule has 1 aliphatic rings. The number of halogens is 3. The fourth-order valence-corrected chi connectivity index (χ4v) is 4.29. The van der Waals surface area contributed by atoms with Gasteiger partial charge in [-0.2, -0.15) is 13.2 Å². The lowest BCUT2D eigenvalue weighted by Gasteiger charge is -2.15. The summed E-state index contributed by atoms with van der Waals surface area (Å²) in [6, 6.07) is 11.5. The second kappa shape index (κ2) is 9.81. The van der Waals surface area contributed by atoms with Crippen LogP contribution in [0.5, 0.6) is 5.75 Å². The highest BCUT2D eigenvalue weighted by Crippen LogP contribution is 2.30. The van der Waals surface area contributed by atoms with E-state index in [2.05, 4.69) is 29.5 Å². The van der Waals surface area contributed by atoms with Crippen LogP contribution in [0.1, 0.15) is 30.5 Å². The van der Waals surface area contributed by atoms with Gasteiger partial charge < -0.3 is 16.2 Å². The molecular weight excluding hydrogens is 489 g/mol. The molecule has 0 saturated heterocycles. The molecule has 4 rings (SSSR count). The summed E-state index contributed by atoms with van der Waals surface area (Å²) in [5.41, 5.74) is 7.67. The van der Waals surface area contributed by atoms with Gasteiger partial charge in [-0.05, 0) is 60.1 Å². The molecule has 0 amide bonds. The Morgan fingerprint density at radius 2 is 1.86 bits per heavy atom. The van der Waals surface area contributed by atoms with Crippen molar-refractivity contribution in [2.45, 2.75) is 39.2 Å². The molecule has 0 aliphatic carbocycles. The summed E-state index contributed by atoms with van der Waals surface area (Å²) in [7, 11) is 1.85. The van der Waals surface area contributed by atoms with Gasteiger partial charge in [-0.25, -0.2) is 9.13 Å². The van der Waals surface area contributed by atoms with E-state index in [0.29, 0.717) is 45.6 Å². The van der Waals surface area contributed by atoms with E-state index in [1.165, 1.54) is 24.3 Å². The molecule has 5 N–H and O–H groups in total. The number of rotatable bonds is 5. The molecule has 1 aliphatic heterocycles. The summed E-state index contributed by atoms with van der Waals surface area (Å²) in [6.45, 7) is 5.00. The lowest BCUT2D eigenvalue weighted by Crippen LogP contribution is -2.39. The van der Waals surface area contributed by atoms with Crippen molar-refractivity contribution >= 4 is 35.5 Å². The van der Waals surface area contributed by atoms with Gasteiger partial charge in [0, 0.05) is 5.69 Å². The molecule has 7 nitrogen and oxygen atoms in total. The van der Waals surface area contributed by atoms with Crippen molar-refractivity contribution in [3.05, 3.63) is 69.9 Å². The van der Waals surface area contributed by atoms with Crippen molar-refractivity contribution in [2.75, 3.05) is 16.4 Å². The highest BCUT2D eigenvalue weighted by atomic mass is 32.1. The first-order valence-corrected chi connectivity index (χ1v) is 11.8. The molecule has 11 heteroatoms. The van der Waals surface area contributed by atoms with E-state index >= 15 is 0 Å². The van der Waals surface area contributed by atoms with Crippen LogP contribution in [-0.4, -0.2) is 21.6 Å². The topological polar surface area (TPSA) is 91.5 Å². The molecule has 190 valence electrons. The number of nitrogen functional groups attached to an aromatic ring is 1. The fraction of sp³-hybridized carbons (Fsp3) is 0.320. The number of nitrogens with two attached hydrogens (primary N) is 1. The second-order valence-corrected chi connectivity index (χ2v) is 9.47. The van der Waals surface area contributed by atoms with Crippen molar-refractivity contribution in [3.8, 4) is 5.75 Å². The third-order valence-corrected chi connectivity index (χ3v) is 6.68. The van der Waals surface area contributed by atoms with Crippen molar-refractivity contribution < 1.29 is 22.8 Å². The number of amidine groups is 1. The zero-order valence-corrected chi connectivity index (χ0v) is 20.9. The molecule has 36 heavy (non-hydrogen) atoms. The van der Waals surface area contributed by atoms with Crippen LogP contribution >= 0.6 is 12.2 Å². The summed E-state index contributed by atoms with van der Waals surface area (Å²) in [4.78, 5) is 4.68. The van der Waals surface area contributed by atoms with E-state index < -0.39 is 11.7 Å². The van der Waals surface area contributed by atoms with E-state index in [0.717, 1.165) is 18.1 Å². The average Bonchev–Trinajstić information content (AvgIpc) is 3.29. The number of fused-ring (bicyclic) bond motifs is 1. The van der Waals surface area contributed by atoms with Crippen LogP contribution in [0, 0.1) is 10.6 Å². The zero-order chi connectivity index (χ0) is 26.2. The third-order valence-electron chi connectivity index (χ3n) is 6.21. The van der Waals surface area contributed by atoms with E-state index in [-0.39, 0.29) is 18.3 Å². The molecule has 2 aromatic carbocycles. The van der Waals surface area contributed by atoms with E-state index in [9.17, 15) is 18.3 Å². The minimum Gasteiger partial charge on any atom is -0.508 e. The minimum absolute atomic E-state index is 0.102.